The van der Waals surface area contributed by atoms with E-state index in [2.05, 4.69) is 13.8 Å². The van der Waals surface area contributed by atoms with Crippen molar-refractivity contribution in [2.45, 2.75) is 84.5 Å². The van der Waals surface area contributed by atoms with Crippen molar-refractivity contribution in [2.75, 3.05) is 0 Å². The third-order valence-electron chi connectivity index (χ3n) is 8.03. The van der Waals surface area contributed by atoms with Crippen molar-refractivity contribution in [3.8, 4) is 0 Å². The van der Waals surface area contributed by atoms with Gasteiger partial charge in [0, 0.05) is 0 Å². The molecule has 0 aromatic heterocycles. The fraction of sp³-hybridized carbons (Fsp3) is 1.00. The smallest absolute Gasteiger partial charge is 0.0323 e. The molecule has 0 amide bonds. The highest BCUT2D eigenvalue weighted by Crippen LogP contribution is 2.67. The van der Waals surface area contributed by atoms with Crippen LogP contribution in [-0.2, 0) is 0 Å². The number of fused-ring (bicyclic) bond motifs is 3. The van der Waals surface area contributed by atoms with E-state index in [1.54, 1.807) is 51.4 Å². The van der Waals surface area contributed by atoms with Crippen LogP contribution in [0.1, 0.15) is 84.5 Å². The fourth-order valence-corrected chi connectivity index (χ4v) is 6.79. The van der Waals surface area contributed by atoms with E-state index in [9.17, 15) is 0 Å². The van der Waals surface area contributed by atoms with Gasteiger partial charge in [0.2, 0.25) is 0 Å². The van der Waals surface area contributed by atoms with E-state index in [-0.39, 0.29) is 0 Å². The summed E-state index contributed by atoms with van der Waals surface area (Å²) in [6.45, 7) is 5.10. The molecule has 21 heavy (non-hydrogen) atoms. The highest BCUT2D eigenvalue weighted by molar-refractivity contribution is 5.09. The Morgan fingerprint density at radius 1 is 0.619 bits per heavy atom. The summed E-state index contributed by atoms with van der Waals surface area (Å²) in [5.74, 6) is 8.91. The molecule has 4 fully saturated rings. The first-order chi connectivity index (χ1) is 10.2. The second-order valence-corrected chi connectivity index (χ2v) is 9.53. The summed E-state index contributed by atoms with van der Waals surface area (Å²) >= 11 is 0. The van der Waals surface area contributed by atoms with E-state index >= 15 is 0 Å². The summed E-state index contributed by atoms with van der Waals surface area (Å²) < 4.78 is 0. The minimum Gasteiger partial charge on any atom is -0.0625 e. The molecule has 0 aliphatic heterocycles. The van der Waals surface area contributed by atoms with Crippen LogP contribution in [0.4, 0.5) is 0 Å². The van der Waals surface area contributed by atoms with Gasteiger partial charge >= 0.3 is 0 Å². The van der Waals surface area contributed by atoms with E-state index in [0.29, 0.717) is 0 Å². The van der Waals surface area contributed by atoms with E-state index in [0.717, 1.165) is 23.7 Å². The average molecular weight is 289 g/mol. The molecule has 0 aromatic carbocycles. The van der Waals surface area contributed by atoms with Crippen molar-refractivity contribution >= 4 is 0 Å². The number of rotatable bonds is 0. The molecule has 8 atom stereocenters. The van der Waals surface area contributed by atoms with Gasteiger partial charge in [-0.05, 0) is 79.4 Å². The van der Waals surface area contributed by atoms with Crippen molar-refractivity contribution in [1.29, 1.82) is 0 Å². The van der Waals surface area contributed by atoms with Gasteiger partial charge in [-0.15, -0.1) is 0 Å². The van der Waals surface area contributed by atoms with Crippen molar-refractivity contribution in [1.82, 2.24) is 0 Å². The molecule has 0 spiro atoms. The van der Waals surface area contributed by atoms with Gasteiger partial charge in [-0.1, -0.05) is 52.4 Å². The summed E-state index contributed by atoms with van der Waals surface area (Å²) in [5, 5.41) is 0. The number of hydrogen-bond donors (Lipinski definition) is 0. The van der Waals surface area contributed by atoms with E-state index in [4.69, 9.17) is 0 Å². The molecular weight excluding hydrogens is 252 g/mol. The lowest BCUT2D eigenvalue weighted by Crippen LogP contribution is -2.26. The first kappa shape index (κ1) is 14.6. The lowest BCUT2D eigenvalue weighted by atomic mass is 9.69. The number of hydrogen-bond acceptors (Lipinski definition) is 0. The van der Waals surface area contributed by atoms with Gasteiger partial charge in [-0.2, -0.15) is 0 Å². The third kappa shape index (κ3) is 2.93. The zero-order valence-corrected chi connectivity index (χ0v) is 14.4. The first-order valence-corrected chi connectivity index (χ1v) is 10.2. The largest absolute Gasteiger partial charge is 0.0625 e. The third-order valence-corrected chi connectivity index (χ3v) is 8.03. The lowest BCUT2D eigenvalue weighted by Gasteiger charge is -2.37. The molecule has 0 N–H and O–H groups in total. The quantitative estimate of drug-likeness (QED) is 0.490. The van der Waals surface area contributed by atoms with Gasteiger partial charge in [0.15, 0.2) is 0 Å². The summed E-state index contributed by atoms with van der Waals surface area (Å²) in [6, 6.07) is 0. The van der Waals surface area contributed by atoms with Crippen LogP contribution in [0.3, 0.4) is 0 Å². The zero-order chi connectivity index (χ0) is 14.4. The highest BCUT2D eigenvalue weighted by Gasteiger charge is 2.61. The summed E-state index contributed by atoms with van der Waals surface area (Å²) in [7, 11) is 0. The Labute approximate surface area is 132 Å². The molecule has 0 saturated heterocycles. The predicted octanol–water partition coefficient (Wildman–Crippen LogP) is 6.30. The monoisotopic (exact) mass is 288 g/mol. The minimum atomic E-state index is 1.00. The summed E-state index contributed by atoms with van der Waals surface area (Å²) in [4.78, 5) is 0. The fourth-order valence-electron chi connectivity index (χ4n) is 6.79. The van der Waals surface area contributed by atoms with Crippen LogP contribution < -0.4 is 0 Å². The topological polar surface area (TPSA) is 0 Å². The predicted molar refractivity (Wildman–Crippen MR) is 90.1 cm³/mol. The highest BCUT2D eigenvalue weighted by atomic mass is 14.7. The van der Waals surface area contributed by atoms with E-state index in [1.165, 1.54) is 42.9 Å². The Kier molecular flexibility index (Phi) is 4.09. The van der Waals surface area contributed by atoms with E-state index in [1.807, 2.05) is 0 Å². The summed E-state index contributed by atoms with van der Waals surface area (Å²) in [5.41, 5.74) is 0. The molecule has 0 heterocycles. The van der Waals surface area contributed by atoms with Crippen molar-refractivity contribution in [3.05, 3.63) is 0 Å². The van der Waals surface area contributed by atoms with Gasteiger partial charge in [-0.25, -0.2) is 0 Å². The molecular formula is C21H36. The molecule has 4 rings (SSSR count). The Morgan fingerprint density at radius 2 is 1.48 bits per heavy atom. The molecule has 0 nitrogen and oxygen atoms in total. The molecule has 4 aliphatic rings. The van der Waals surface area contributed by atoms with Crippen LogP contribution in [0.25, 0.3) is 0 Å². The van der Waals surface area contributed by atoms with Crippen LogP contribution in [0.2, 0.25) is 0 Å². The molecule has 0 heteroatoms. The maximum atomic E-state index is 2.57. The lowest BCUT2D eigenvalue weighted by molar-refractivity contribution is 0.140. The van der Waals surface area contributed by atoms with Crippen LogP contribution in [0.15, 0.2) is 0 Å². The van der Waals surface area contributed by atoms with Crippen LogP contribution >= 0.6 is 0 Å². The zero-order valence-electron chi connectivity index (χ0n) is 14.4. The first-order valence-electron chi connectivity index (χ1n) is 10.2. The SMILES string of the molecule is CC1CC2CCCC3CC4C(CCCCC(C)C(C1)C2)C34. The Hall–Kier alpha value is 0. The van der Waals surface area contributed by atoms with Gasteiger partial charge in [0.1, 0.15) is 0 Å². The van der Waals surface area contributed by atoms with Crippen LogP contribution in [-0.4, -0.2) is 0 Å². The van der Waals surface area contributed by atoms with Crippen molar-refractivity contribution in [3.63, 3.8) is 0 Å². The second-order valence-electron chi connectivity index (χ2n) is 9.53. The van der Waals surface area contributed by atoms with Gasteiger partial charge in [0.25, 0.3) is 0 Å². The standard InChI is InChI=1S/C21H36/c1-14-10-16-7-5-8-17-13-20-19(21(17)20)9-4-3-6-15(2)18(11-14)12-16/h14-21H,3-13H2,1-2H3. The Bertz CT molecular complexity index is 359. The van der Waals surface area contributed by atoms with Crippen LogP contribution in [0.5, 0.6) is 0 Å². The van der Waals surface area contributed by atoms with Gasteiger partial charge in [0.05, 0.1) is 0 Å². The van der Waals surface area contributed by atoms with Crippen molar-refractivity contribution in [2.24, 2.45) is 47.3 Å². The van der Waals surface area contributed by atoms with Crippen LogP contribution in [0, 0.1) is 47.3 Å². The second kappa shape index (κ2) is 5.89. The van der Waals surface area contributed by atoms with Crippen molar-refractivity contribution < 1.29 is 0 Å². The molecule has 0 aromatic rings. The molecule has 0 radical (unpaired) electrons. The molecule has 4 aliphatic carbocycles. The Balaban J connectivity index is 1.38. The molecule has 120 valence electrons. The molecule has 2 bridgehead atoms. The normalized spacial score (nSPS) is 54.0. The minimum absolute atomic E-state index is 1.00. The molecule has 8 unspecified atom stereocenters. The maximum Gasteiger partial charge on any atom is -0.0323 e. The average Bonchev–Trinajstić information content (AvgIpc) is 3.01. The van der Waals surface area contributed by atoms with E-state index < -0.39 is 0 Å². The van der Waals surface area contributed by atoms with Gasteiger partial charge in [-0.3, -0.25) is 0 Å². The maximum absolute atomic E-state index is 2.57. The van der Waals surface area contributed by atoms with Gasteiger partial charge < -0.3 is 0 Å². The Morgan fingerprint density at radius 3 is 2.38 bits per heavy atom. The summed E-state index contributed by atoms with van der Waals surface area (Å²) in [6.07, 6.45) is 17.2. The molecule has 4 saturated carbocycles.